The number of likely N-dealkylation sites (N-methyl/N-ethyl adjacent to an activating group) is 1. The summed E-state index contributed by atoms with van der Waals surface area (Å²) < 4.78 is 5.77. The third-order valence-corrected chi connectivity index (χ3v) is 3.42. The minimum Gasteiger partial charge on any atom is -0.376 e. The van der Waals surface area contributed by atoms with Crippen molar-refractivity contribution < 1.29 is 4.74 Å². The lowest BCUT2D eigenvalue weighted by Gasteiger charge is -2.29. The van der Waals surface area contributed by atoms with E-state index in [4.69, 9.17) is 10.5 Å². The SMILES string of the molecule is C[C@@H](N)c1cccnc1N(C)CC1CCCCO1. The van der Waals surface area contributed by atoms with Crippen LogP contribution < -0.4 is 10.6 Å². The van der Waals surface area contributed by atoms with E-state index in [1.54, 1.807) is 0 Å². The van der Waals surface area contributed by atoms with Crippen LogP contribution in [0.1, 0.15) is 37.8 Å². The van der Waals surface area contributed by atoms with Crippen molar-refractivity contribution in [2.45, 2.75) is 38.3 Å². The third-order valence-electron chi connectivity index (χ3n) is 3.42. The topological polar surface area (TPSA) is 51.4 Å². The zero-order valence-corrected chi connectivity index (χ0v) is 11.3. The summed E-state index contributed by atoms with van der Waals surface area (Å²) in [6.07, 6.45) is 5.74. The first-order valence-corrected chi connectivity index (χ1v) is 6.71. The van der Waals surface area contributed by atoms with Crippen molar-refractivity contribution in [3.05, 3.63) is 23.9 Å². The number of nitrogens with zero attached hydrogens (tertiary/aromatic N) is 2. The maximum atomic E-state index is 5.99. The Hall–Kier alpha value is -1.13. The normalized spacial score (nSPS) is 21.6. The van der Waals surface area contributed by atoms with Crippen LogP contribution in [-0.2, 0) is 4.74 Å². The van der Waals surface area contributed by atoms with Crippen molar-refractivity contribution in [2.75, 3.05) is 25.1 Å². The predicted octanol–water partition coefficient (Wildman–Crippen LogP) is 2.11. The number of hydrogen-bond acceptors (Lipinski definition) is 4. The minimum absolute atomic E-state index is 0.00317. The van der Waals surface area contributed by atoms with E-state index in [1.807, 2.05) is 25.3 Å². The average Bonchev–Trinajstić information content (AvgIpc) is 2.40. The monoisotopic (exact) mass is 249 g/mol. The van der Waals surface area contributed by atoms with E-state index in [0.717, 1.165) is 31.0 Å². The first-order chi connectivity index (χ1) is 8.68. The summed E-state index contributed by atoms with van der Waals surface area (Å²) in [5.41, 5.74) is 7.08. The summed E-state index contributed by atoms with van der Waals surface area (Å²) in [4.78, 5) is 6.62. The van der Waals surface area contributed by atoms with Crippen LogP contribution in [0.3, 0.4) is 0 Å². The standard InChI is InChI=1S/C14H23N3O/c1-11(15)13-7-5-8-16-14(13)17(2)10-12-6-3-4-9-18-12/h5,7-8,11-12H,3-4,6,9-10,15H2,1-2H3/t11-,12?/m1/s1. The highest BCUT2D eigenvalue weighted by atomic mass is 16.5. The second-order valence-electron chi connectivity index (χ2n) is 5.07. The lowest BCUT2D eigenvalue weighted by molar-refractivity contribution is 0.0215. The van der Waals surface area contributed by atoms with Crippen LogP contribution in [0.25, 0.3) is 0 Å². The molecule has 1 aliphatic rings. The molecule has 2 heterocycles. The van der Waals surface area contributed by atoms with Gasteiger partial charge >= 0.3 is 0 Å². The Labute approximate surface area is 109 Å². The summed E-state index contributed by atoms with van der Waals surface area (Å²) in [6, 6.07) is 3.99. The Morgan fingerprint density at radius 2 is 2.39 bits per heavy atom. The van der Waals surface area contributed by atoms with Gasteiger partial charge in [0.05, 0.1) is 6.10 Å². The molecule has 0 radical (unpaired) electrons. The van der Waals surface area contributed by atoms with Gasteiger partial charge in [-0.05, 0) is 32.3 Å². The van der Waals surface area contributed by atoms with E-state index in [-0.39, 0.29) is 6.04 Å². The molecule has 0 saturated carbocycles. The summed E-state index contributed by atoms with van der Waals surface area (Å²) >= 11 is 0. The van der Waals surface area contributed by atoms with Gasteiger partial charge in [0.15, 0.2) is 0 Å². The summed E-state index contributed by atoms with van der Waals surface area (Å²) in [7, 11) is 2.06. The molecule has 1 fully saturated rings. The van der Waals surface area contributed by atoms with Gasteiger partial charge in [-0.25, -0.2) is 4.98 Å². The van der Waals surface area contributed by atoms with E-state index in [1.165, 1.54) is 12.8 Å². The van der Waals surface area contributed by atoms with E-state index < -0.39 is 0 Å². The van der Waals surface area contributed by atoms with Gasteiger partial charge in [0.1, 0.15) is 5.82 Å². The lowest BCUT2D eigenvalue weighted by Crippen LogP contribution is -2.34. The van der Waals surface area contributed by atoms with Crippen molar-refractivity contribution in [2.24, 2.45) is 5.73 Å². The Morgan fingerprint density at radius 1 is 1.56 bits per heavy atom. The summed E-state index contributed by atoms with van der Waals surface area (Å²) in [5.74, 6) is 0.974. The van der Waals surface area contributed by atoms with Crippen molar-refractivity contribution in [1.82, 2.24) is 4.98 Å². The summed E-state index contributed by atoms with van der Waals surface area (Å²) in [6.45, 7) is 3.77. The molecule has 1 aromatic rings. The Balaban J connectivity index is 2.05. The Kier molecular flexibility index (Phi) is 4.55. The molecule has 1 aromatic heterocycles. The minimum atomic E-state index is 0.00317. The van der Waals surface area contributed by atoms with E-state index in [9.17, 15) is 0 Å². The molecule has 0 aliphatic carbocycles. The average molecular weight is 249 g/mol. The lowest BCUT2D eigenvalue weighted by atomic mass is 10.1. The number of anilines is 1. The highest BCUT2D eigenvalue weighted by Gasteiger charge is 2.18. The quantitative estimate of drug-likeness (QED) is 0.888. The number of pyridine rings is 1. The number of aromatic nitrogens is 1. The van der Waals surface area contributed by atoms with E-state index in [2.05, 4.69) is 16.9 Å². The van der Waals surface area contributed by atoms with Gasteiger partial charge in [-0.15, -0.1) is 0 Å². The molecule has 2 atom stereocenters. The maximum absolute atomic E-state index is 5.99. The van der Waals surface area contributed by atoms with Gasteiger partial charge in [0, 0.05) is 38.0 Å². The molecule has 2 rings (SSSR count). The molecule has 4 nitrogen and oxygen atoms in total. The van der Waals surface area contributed by atoms with Crippen molar-refractivity contribution >= 4 is 5.82 Å². The first-order valence-electron chi connectivity index (χ1n) is 6.71. The van der Waals surface area contributed by atoms with Crippen molar-refractivity contribution in [1.29, 1.82) is 0 Å². The molecule has 1 saturated heterocycles. The molecule has 18 heavy (non-hydrogen) atoms. The first kappa shape index (κ1) is 13.3. The zero-order chi connectivity index (χ0) is 13.0. The molecule has 100 valence electrons. The summed E-state index contributed by atoms with van der Waals surface area (Å²) in [5, 5.41) is 0. The van der Waals surface area contributed by atoms with E-state index in [0.29, 0.717) is 6.10 Å². The highest BCUT2D eigenvalue weighted by Crippen LogP contribution is 2.23. The van der Waals surface area contributed by atoms with Gasteiger partial charge in [0.25, 0.3) is 0 Å². The van der Waals surface area contributed by atoms with Crippen LogP contribution in [0.5, 0.6) is 0 Å². The fourth-order valence-corrected chi connectivity index (χ4v) is 2.43. The maximum Gasteiger partial charge on any atom is 0.133 e. The molecule has 0 spiro atoms. The fourth-order valence-electron chi connectivity index (χ4n) is 2.43. The van der Waals surface area contributed by atoms with Crippen molar-refractivity contribution in [3.63, 3.8) is 0 Å². The largest absolute Gasteiger partial charge is 0.376 e. The third kappa shape index (κ3) is 3.21. The Bertz CT molecular complexity index is 375. The second kappa shape index (κ2) is 6.16. The van der Waals surface area contributed by atoms with Crippen molar-refractivity contribution in [3.8, 4) is 0 Å². The molecule has 0 amide bonds. The molecule has 1 aliphatic heterocycles. The van der Waals surface area contributed by atoms with E-state index >= 15 is 0 Å². The molecular formula is C14H23N3O. The molecule has 4 heteroatoms. The molecule has 2 N–H and O–H groups in total. The van der Waals surface area contributed by atoms with Crippen LogP contribution in [-0.4, -0.2) is 31.3 Å². The van der Waals surface area contributed by atoms with Gasteiger partial charge in [-0.3, -0.25) is 0 Å². The number of rotatable bonds is 4. The van der Waals surface area contributed by atoms with Crippen LogP contribution in [0, 0.1) is 0 Å². The van der Waals surface area contributed by atoms with Gasteiger partial charge in [-0.1, -0.05) is 6.07 Å². The second-order valence-corrected chi connectivity index (χ2v) is 5.07. The number of nitrogens with two attached hydrogens (primary N) is 1. The molecular weight excluding hydrogens is 226 g/mol. The van der Waals surface area contributed by atoms with Gasteiger partial charge in [0.2, 0.25) is 0 Å². The van der Waals surface area contributed by atoms with Crippen LogP contribution in [0.15, 0.2) is 18.3 Å². The van der Waals surface area contributed by atoms with Crippen LogP contribution >= 0.6 is 0 Å². The predicted molar refractivity (Wildman–Crippen MR) is 73.7 cm³/mol. The van der Waals surface area contributed by atoms with Gasteiger partial charge < -0.3 is 15.4 Å². The van der Waals surface area contributed by atoms with Crippen LogP contribution in [0.2, 0.25) is 0 Å². The zero-order valence-electron chi connectivity index (χ0n) is 11.3. The fraction of sp³-hybridized carbons (Fsp3) is 0.643. The Morgan fingerprint density at radius 3 is 3.06 bits per heavy atom. The smallest absolute Gasteiger partial charge is 0.133 e. The number of hydrogen-bond donors (Lipinski definition) is 1. The van der Waals surface area contributed by atoms with Gasteiger partial charge in [-0.2, -0.15) is 0 Å². The molecule has 0 aromatic carbocycles. The molecule has 1 unspecified atom stereocenters. The molecule has 0 bridgehead atoms. The number of ether oxygens (including phenoxy) is 1. The van der Waals surface area contributed by atoms with Crippen LogP contribution in [0.4, 0.5) is 5.82 Å². The highest BCUT2D eigenvalue weighted by molar-refractivity contribution is 5.47.